The molecular formula is C21H21N3O2. The number of benzene rings is 2. The summed E-state index contributed by atoms with van der Waals surface area (Å²) in [7, 11) is 1.92. The summed E-state index contributed by atoms with van der Waals surface area (Å²) in [6.45, 7) is 4.32. The minimum Gasteiger partial charge on any atom is -0.490 e. The first kappa shape index (κ1) is 17.6. The first-order valence-electron chi connectivity index (χ1n) is 8.45. The van der Waals surface area contributed by atoms with Gasteiger partial charge in [0.25, 0.3) is 0 Å². The van der Waals surface area contributed by atoms with Crippen LogP contribution in [0.15, 0.2) is 54.7 Å². The smallest absolute Gasteiger partial charge is 0.130 e. The molecule has 1 atom stereocenters. The minimum atomic E-state index is -0.123. The Labute approximate surface area is 153 Å². The molecule has 3 aromatic rings. The summed E-state index contributed by atoms with van der Waals surface area (Å²) in [5.41, 5.74) is 3.66. The van der Waals surface area contributed by atoms with E-state index in [4.69, 9.17) is 14.7 Å². The van der Waals surface area contributed by atoms with Crippen molar-refractivity contribution in [1.82, 2.24) is 9.78 Å². The molecule has 0 aliphatic rings. The predicted octanol–water partition coefficient (Wildman–Crippen LogP) is 4.11. The van der Waals surface area contributed by atoms with Crippen molar-refractivity contribution >= 4 is 0 Å². The Balaban J connectivity index is 1.62. The van der Waals surface area contributed by atoms with Crippen molar-refractivity contribution < 1.29 is 9.47 Å². The van der Waals surface area contributed by atoms with Crippen LogP contribution in [0.2, 0.25) is 0 Å². The zero-order valence-corrected chi connectivity index (χ0v) is 15.1. The largest absolute Gasteiger partial charge is 0.490 e. The third-order valence-electron chi connectivity index (χ3n) is 4.07. The number of hydrogen-bond acceptors (Lipinski definition) is 4. The first-order chi connectivity index (χ1) is 12.6. The number of nitrogens with zero attached hydrogens (tertiary/aromatic N) is 3. The van der Waals surface area contributed by atoms with Crippen LogP contribution < -0.4 is 9.47 Å². The van der Waals surface area contributed by atoms with Gasteiger partial charge in [0.2, 0.25) is 0 Å². The molecule has 0 aliphatic heterocycles. The summed E-state index contributed by atoms with van der Waals surface area (Å²) in [6.07, 6.45) is 1.65. The van der Waals surface area contributed by atoms with Crippen LogP contribution in [0.3, 0.4) is 0 Å². The van der Waals surface area contributed by atoms with E-state index in [1.165, 1.54) is 0 Å². The van der Waals surface area contributed by atoms with Crippen LogP contribution in [-0.4, -0.2) is 22.5 Å². The van der Waals surface area contributed by atoms with Gasteiger partial charge in [-0.05, 0) is 55.8 Å². The van der Waals surface area contributed by atoms with Crippen molar-refractivity contribution in [3.8, 4) is 28.8 Å². The molecule has 0 N–H and O–H groups in total. The fourth-order valence-corrected chi connectivity index (χ4v) is 2.72. The molecule has 26 heavy (non-hydrogen) atoms. The molecule has 0 fully saturated rings. The molecule has 1 aromatic heterocycles. The van der Waals surface area contributed by atoms with Gasteiger partial charge in [0.1, 0.15) is 24.2 Å². The van der Waals surface area contributed by atoms with Crippen molar-refractivity contribution in [3.63, 3.8) is 0 Å². The molecular weight excluding hydrogens is 326 g/mol. The van der Waals surface area contributed by atoms with Gasteiger partial charge < -0.3 is 9.47 Å². The highest BCUT2D eigenvalue weighted by molar-refractivity contribution is 5.61. The molecule has 5 heteroatoms. The SMILES string of the molecule is Cc1cc(C#N)ccc1OC(C)COc1cccc(-c2ccnn2C)c1. The van der Waals surface area contributed by atoms with E-state index in [2.05, 4.69) is 11.2 Å². The lowest BCUT2D eigenvalue weighted by molar-refractivity contribution is 0.142. The van der Waals surface area contributed by atoms with Crippen LogP contribution in [0.1, 0.15) is 18.1 Å². The Morgan fingerprint density at radius 3 is 2.73 bits per heavy atom. The number of aromatic nitrogens is 2. The van der Waals surface area contributed by atoms with Crippen molar-refractivity contribution in [3.05, 3.63) is 65.9 Å². The third kappa shape index (κ3) is 4.04. The van der Waals surface area contributed by atoms with Crippen LogP contribution in [0.25, 0.3) is 11.3 Å². The Morgan fingerprint density at radius 2 is 2.04 bits per heavy atom. The highest BCUT2D eigenvalue weighted by Gasteiger charge is 2.09. The van der Waals surface area contributed by atoms with Crippen LogP contribution in [0.4, 0.5) is 0 Å². The lowest BCUT2D eigenvalue weighted by Crippen LogP contribution is -2.21. The second-order valence-corrected chi connectivity index (χ2v) is 6.20. The summed E-state index contributed by atoms with van der Waals surface area (Å²) in [4.78, 5) is 0. The van der Waals surface area contributed by atoms with Gasteiger partial charge in [0, 0.05) is 18.8 Å². The van der Waals surface area contributed by atoms with E-state index in [1.807, 2.05) is 68.0 Å². The first-order valence-corrected chi connectivity index (χ1v) is 8.45. The van der Waals surface area contributed by atoms with Gasteiger partial charge >= 0.3 is 0 Å². The topological polar surface area (TPSA) is 60.1 Å². The summed E-state index contributed by atoms with van der Waals surface area (Å²) < 4.78 is 13.7. The Bertz CT molecular complexity index is 940. The summed E-state index contributed by atoms with van der Waals surface area (Å²) in [6, 6.07) is 17.4. The number of ether oxygens (including phenoxy) is 2. The van der Waals surface area contributed by atoms with Gasteiger partial charge in [-0.1, -0.05) is 12.1 Å². The highest BCUT2D eigenvalue weighted by Crippen LogP contribution is 2.24. The zero-order chi connectivity index (χ0) is 18.5. The quantitative estimate of drug-likeness (QED) is 0.673. The van der Waals surface area contributed by atoms with Gasteiger partial charge in [0.05, 0.1) is 17.3 Å². The van der Waals surface area contributed by atoms with E-state index in [-0.39, 0.29) is 6.10 Å². The van der Waals surface area contributed by atoms with Crippen molar-refractivity contribution in [2.75, 3.05) is 6.61 Å². The van der Waals surface area contributed by atoms with Gasteiger partial charge in [-0.15, -0.1) is 0 Å². The van der Waals surface area contributed by atoms with Crippen LogP contribution in [0, 0.1) is 18.3 Å². The van der Waals surface area contributed by atoms with Crippen molar-refractivity contribution in [1.29, 1.82) is 5.26 Å². The molecule has 0 saturated carbocycles. The molecule has 0 bridgehead atoms. The van der Waals surface area contributed by atoms with E-state index in [1.54, 1.807) is 12.3 Å². The normalized spacial score (nSPS) is 11.6. The number of nitriles is 1. The van der Waals surface area contributed by atoms with Gasteiger partial charge in [-0.2, -0.15) is 10.4 Å². The van der Waals surface area contributed by atoms with E-state index >= 15 is 0 Å². The second-order valence-electron chi connectivity index (χ2n) is 6.20. The van der Waals surface area contributed by atoms with Gasteiger partial charge in [-0.3, -0.25) is 4.68 Å². The van der Waals surface area contributed by atoms with E-state index in [0.29, 0.717) is 12.2 Å². The average Bonchev–Trinajstić information content (AvgIpc) is 3.08. The monoisotopic (exact) mass is 347 g/mol. The molecule has 0 saturated heterocycles. The fourth-order valence-electron chi connectivity index (χ4n) is 2.72. The molecule has 1 heterocycles. The lowest BCUT2D eigenvalue weighted by atomic mass is 10.1. The van der Waals surface area contributed by atoms with Crippen LogP contribution >= 0.6 is 0 Å². The summed E-state index contributed by atoms with van der Waals surface area (Å²) in [5, 5.41) is 13.1. The number of rotatable bonds is 6. The van der Waals surface area contributed by atoms with Crippen molar-refractivity contribution in [2.24, 2.45) is 7.05 Å². The molecule has 1 unspecified atom stereocenters. The van der Waals surface area contributed by atoms with E-state index in [0.717, 1.165) is 28.3 Å². The Kier molecular flexibility index (Phi) is 5.23. The molecule has 5 nitrogen and oxygen atoms in total. The van der Waals surface area contributed by atoms with E-state index < -0.39 is 0 Å². The molecule has 2 aromatic carbocycles. The maximum Gasteiger partial charge on any atom is 0.130 e. The van der Waals surface area contributed by atoms with E-state index in [9.17, 15) is 0 Å². The molecule has 0 radical (unpaired) electrons. The molecule has 132 valence electrons. The predicted molar refractivity (Wildman–Crippen MR) is 100 cm³/mol. The standard InChI is InChI=1S/C21H21N3O2/c1-15-11-17(13-22)7-8-21(15)26-16(2)14-25-19-6-4-5-18(12-19)20-9-10-23-24(20)3/h4-12,16H,14H2,1-3H3. The minimum absolute atomic E-state index is 0.123. The number of aryl methyl sites for hydroxylation is 2. The number of hydrogen-bond donors (Lipinski definition) is 0. The van der Waals surface area contributed by atoms with Gasteiger partial charge in [0.15, 0.2) is 0 Å². The second kappa shape index (κ2) is 7.75. The molecule has 0 spiro atoms. The Hall–Kier alpha value is -3.26. The zero-order valence-electron chi connectivity index (χ0n) is 15.1. The van der Waals surface area contributed by atoms with Crippen molar-refractivity contribution in [2.45, 2.75) is 20.0 Å². The Morgan fingerprint density at radius 1 is 1.19 bits per heavy atom. The van der Waals surface area contributed by atoms with Crippen LogP contribution in [-0.2, 0) is 7.05 Å². The molecule has 0 aliphatic carbocycles. The van der Waals surface area contributed by atoms with Gasteiger partial charge in [-0.25, -0.2) is 0 Å². The third-order valence-corrected chi connectivity index (χ3v) is 4.07. The maximum atomic E-state index is 8.94. The van der Waals surface area contributed by atoms with Crippen LogP contribution in [0.5, 0.6) is 11.5 Å². The fraction of sp³-hybridized carbons (Fsp3) is 0.238. The summed E-state index contributed by atoms with van der Waals surface area (Å²) >= 11 is 0. The average molecular weight is 347 g/mol. The lowest BCUT2D eigenvalue weighted by Gasteiger charge is -2.17. The highest BCUT2D eigenvalue weighted by atomic mass is 16.5. The molecule has 3 rings (SSSR count). The maximum absolute atomic E-state index is 8.94. The summed E-state index contributed by atoms with van der Waals surface area (Å²) in [5.74, 6) is 1.56. The molecule has 0 amide bonds.